The third-order valence-electron chi connectivity index (χ3n) is 2.81. The number of benzene rings is 1. The molecule has 0 atom stereocenters. The molecule has 0 N–H and O–H groups in total. The molecule has 0 fully saturated rings. The number of non-ortho nitro benzene ring substituents is 1. The average Bonchev–Trinajstić information content (AvgIpc) is 2.98. The molecule has 0 saturated carbocycles. The highest BCUT2D eigenvalue weighted by Crippen LogP contribution is 2.29. The molecule has 6 heteroatoms. The maximum absolute atomic E-state index is 10.6. The molecule has 0 bridgehead atoms. The molecule has 2 aromatic heterocycles. The van der Waals surface area contributed by atoms with E-state index in [9.17, 15) is 10.1 Å². The van der Waals surface area contributed by atoms with Crippen molar-refractivity contribution in [3.05, 3.63) is 64.3 Å². The van der Waals surface area contributed by atoms with Crippen molar-refractivity contribution in [2.75, 3.05) is 0 Å². The lowest BCUT2D eigenvalue weighted by Crippen LogP contribution is -1.87. The summed E-state index contributed by atoms with van der Waals surface area (Å²) >= 11 is 1.54. The van der Waals surface area contributed by atoms with Gasteiger partial charge in [0.25, 0.3) is 5.69 Å². The number of aromatic nitrogens is 2. The summed E-state index contributed by atoms with van der Waals surface area (Å²) in [6.07, 6.45) is 3.45. The third-order valence-corrected chi connectivity index (χ3v) is 3.70. The molecule has 1 aromatic carbocycles. The number of thiazole rings is 1. The van der Waals surface area contributed by atoms with Gasteiger partial charge in [-0.2, -0.15) is 0 Å². The predicted octanol–water partition coefficient (Wildman–Crippen LogP) is 3.78. The number of hydrogen-bond donors (Lipinski definition) is 0. The summed E-state index contributed by atoms with van der Waals surface area (Å²) in [5.41, 5.74) is 2.78. The minimum atomic E-state index is -0.409. The Kier molecular flexibility index (Phi) is 3.22. The van der Waals surface area contributed by atoms with Gasteiger partial charge in [0.2, 0.25) is 0 Å². The summed E-state index contributed by atoms with van der Waals surface area (Å²) in [4.78, 5) is 18.7. The maximum atomic E-state index is 10.6. The molecule has 0 aliphatic carbocycles. The van der Waals surface area contributed by atoms with Crippen LogP contribution in [0.1, 0.15) is 0 Å². The summed E-state index contributed by atoms with van der Waals surface area (Å²) in [6.45, 7) is 0. The Morgan fingerprint density at radius 2 is 1.70 bits per heavy atom. The van der Waals surface area contributed by atoms with E-state index in [1.54, 1.807) is 24.5 Å². The van der Waals surface area contributed by atoms with E-state index >= 15 is 0 Å². The second-order valence-corrected chi connectivity index (χ2v) is 4.94. The van der Waals surface area contributed by atoms with Crippen LogP contribution in [0.25, 0.3) is 21.8 Å². The number of nitro benzene ring substituents is 1. The molecule has 3 rings (SSSR count). The number of rotatable bonds is 3. The van der Waals surface area contributed by atoms with E-state index in [-0.39, 0.29) is 5.69 Å². The smallest absolute Gasteiger partial charge is 0.265 e. The van der Waals surface area contributed by atoms with Gasteiger partial charge in [-0.25, -0.2) is 4.98 Å². The molecule has 2 heterocycles. The van der Waals surface area contributed by atoms with Crippen LogP contribution in [0.2, 0.25) is 0 Å². The number of nitro groups is 1. The summed E-state index contributed by atoms with van der Waals surface area (Å²) in [5.74, 6) is 0. The van der Waals surface area contributed by atoms with Crippen molar-refractivity contribution >= 4 is 17.0 Å². The Bertz CT molecular complexity index is 739. The first-order chi connectivity index (χ1) is 9.74. The van der Waals surface area contributed by atoms with E-state index in [0.717, 1.165) is 21.8 Å². The molecule has 0 amide bonds. The Balaban J connectivity index is 1.92. The topological polar surface area (TPSA) is 68.9 Å². The zero-order valence-corrected chi connectivity index (χ0v) is 11.1. The van der Waals surface area contributed by atoms with E-state index in [1.807, 2.05) is 17.5 Å². The van der Waals surface area contributed by atoms with E-state index < -0.39 is 4.92 Å². The molecule has 20 heavy (non-hydrogen) atoms. The van der Waals surface area contributed by atoms with Crippen LogP contribution in [0, 0.1) is 10.1 Å². The van der Waals surface area contributed by atoms with Gasteiger partial charge in [-0.05, 0) is 24.3 Å². The van der Waals surface area contributed by atoms with Crippen LogP contribution in [0.3, 0.4) is 0 Å². The maximum Gasteiger partial charge on any atom is 0.269 e. The van der Waals surface area contributed by atoms with Crippen molar-refractivity contribution in [2.45, 2.75) is 0 Å². The molecule has 0 aliphatic heterocycles. The predicted molar refractivity (Wildman–Crippen MR) is 77.4 cm³/mol. The van der Waals surface area contributed by atoms with Crippen LogP contribution in [0.15, 0.2) is 54.2 Å². The quantitative estimate of drug-likeness (QED) is 0.542. The minimum Gasteiger partial charge on any atom is -0.265 e. The van der Waals surface area contributed by atoms with Crippen LogP contribution in [-0.2, 0) is 0 Å². The first-order valence-electron chi connectivity index (χ1n) is 5.85. The van der Waals surface area contributed by atoms with Crippen LogP contribution < -0.4 is 0 Å². The standard InChI is InChI=1S/C14H9N3O2S/c18-17(19)12-3-1-10(2-4-12)13-9-20-14(16-13)11-5-7-15-8-6-11/h1-9H. The molecular weight excluding hydrogens is 274 g/mol. The highest BCUT2D eigenvalue weighted by molar-refractivity contribution is 7.13. The fraction of sp³-hybridized carbons (Fsp3) is 0. The fourth-order valence-corrected chi connectivity index (χ4v) is 2.62. The largest absolute Gasteiger partial charge is 0.269 e. The van der Waals surface area contributed by atoms with Gasteiger partial charge < -0.3 is 0 Å². The van der Waals surface area contributed by atoms with Gasteiger partial charge >= 0.3 is 0 Å². The second-order valence-electron chi connectivity index (χ2n) is 4.08. The second kappa shape index (κ2) is 5.18. The molecule has 0 radical (unpaired) electrons. The lowest BCUT2D eigenvalue weighted by Gasteiger charge is -1.96. The van der Waals surface area contributed by atoms with Crippen molar-refractivity contribution in [1.29, 1.82) is 0 Å². The first-order valence-corrected chi connectivity index (χ1v) is 6.73. The van der Waals surface area contributed by atoms with Gasteiger partial charge in [0.1, 0.15) is 5.01 Å². The summed E-state index contributed by atoms with van der Waals surface area (Å²) < 4.78 is 0. The van der Waals surface area contributed by atoms with E-state index in [2.05, 4.69) is 9.97 Å². The number of nitrogens with zero attached hydrogens (tertiary/aromatic N) is 3. The van der Waals surface area contributed by atoms with Crippen molar-refractivity contribution in [1.82, 2.24) is 9.97 Å². The molecule has 5 nitrogen and oxygen atoms in total. The van der Waals surface area contributed by atoms with E-state index in [0.29, 0.717) is 0 Å². The Morgan fingerprint density at radius 3 is 2.35 bits per heavy atom. The van der Waals surface area contributed by atoms with Crippen molar-refractivity contribution < 1.29 is 4.92 Å². The van der Waals surface area contributed by atoms with Crippen LogP contribution in [-0.4, -0.2) is 14.9 Å². The summed E-state index contributed by atoms with van der Waals surface area (Å²) in [5, 5.41) is 13.5. The Labute approximate surface area is 118 Å². The van der Waals surface area contributed by atoms with E-state index in [4.69, 9.17) is 0 Å². The Hall–Kier alpha value is -2.60. The minimum absolute atomic E-state index is 0.0818. The third kappa shape index (κ3) is 2.41. The lowest BCUT2D eigenvalue weighted by molar-refractivity contribution is -0.384. The van der Waals surface area contributed by atoms with Crippen molar-refractivity contribution in [3.63, 3.8) is 0 Å². The molecule has 0 spiro atoms. The van der Waals surface area contributed by atoms with Crippen molar-refractivity contribution in [2.24, 2.45) is 0 Å². The molecule has 3 aromatic rings. The fourth-order valence-electron chi connectivity index (χ4n) is 1.79. The molecule has 98 valence electrons. The van der Waals surface area contributed by atoms with Gasteiger partial charge in [-0.1, -0.05) is 0 Å². The molecule has 0 aliphatic rings. The molecule has 0 unspecified atom stereocenters. The summed E-state index contributed by atoms with van der Waals surface area (Å²) in [7, 11) is 0. The highest BCUT2D eigenvalue weighted by Gasteiger charge is 2.09. The van der Waals surface area contributed by atoms with Gasteiger partial charge in [-0.15, -0.1) is 11.3 Å². The molecule has 0 saturated heterocycles. The zero-order chi connectivity index (χ0) is 13.9. The molecular formula is C14H9N3O2S. The highest BCUT2D eigenvalue weighted by atomic mass is 32.1. The normalized spacial score (nSPS) is 10.4. The average molecular weight is 283 g/mol. The van der Waals surface area contributed by atoms with Gasteiger partial charge in [-0.3, -0.25) is 15.1 Å². The van der Waals surface area contributed by atoms with Crippen LogP contribution in [0.5, 0.6) is 0 Å². The number of pyridine rings is 1. The monoisotopic (exact) mass is 283 g/mol. The number of hydrogen-bond acceptors (Lipinski definition) is 5. The Morgan fingerprint density at radius 1 is 1.00 bits per heavy atom. The van der Waals surface area contributed by atoms with Crippen LogP contribution >= 0.6 is 11.3 Å². The summed E-state index contributed by atoms with van der Waals surface area (Å²) in [6, 6.07) is 10.2. The first kappa shape index (κ1) is 12.4. The van der Waals surface area contributed by atoms with Gasteiger partial charge in [0.15, 0.2) is 0 Å². The zero-order valence-electron chi connectivity index (χ0n) is 10.3. The van der Waals surface area contributed by atoms with Crippen molar-refractivity contribution in [3.8, 4) is 21.8 Å². The van der Waals surface area contributed by atoms with Gasteiger partial charge in [0.05, 0.1) is 10.6 Å². The van der Waals surface area contributed by atoms with Crippen LogP contribution in [0.4, 0.5) is 5.69 Å². The van der Waals surface area contributed by atoms with Gasteiger partial charge in [0, 0.05) is 41.0 Å². The SMILES string of the molecule is O=[N+]([O-])c1ccc(-c2csc(-c3ccncc3)n2)cc1. The lowest BCUT2D eigenvalue weighted by atomic mass is 10.1. The van der Waals surface area contributed by atoms with E-state index in [1.165, 1.54) is 23.5 Å².